The molecule has 7 heteroatoms. The molecule has 2 heterocycles. The lowest BCUT2D eigenvalue weighted by Gasteiger charge is -2.28. The first-order valence-corrected chi connectivity index (χ1v) is 9.95. The summed E-state index contributed by atoms with van der Waals surface area (Å²) < 4.78 is 16.3. The minimum atomic E-state index is -0.968. The maximum Gasteiger partial charge on any atom is 0.375 e. The topological polar surface area (TPSA) is 81.0 Å². The number of para-hydroxylation sites is 1. The number of carbonyl (C=O) groups excluding carboxylic acids is 2. The lowest BCUT2D eigenvalue weighted by molar-refractivity contribution is -0.123. The van der Waals surface area contributed by atoms with Gasteiger partial charge in [0.15, 0.2) is 6.10 Å². The molecule has 0 bridgehead atoms. The van der Waals surface area contributed by atoms with Gasteiger partial charge in [0.1, 0.15) is 5.58 Å². The Morgan fingerprint density at radius 3 is 2.47 bits per heavy atom. The molecule has 1 fully saturated rings. The van der Waals surface area contributed by atoms with Gasteiger partial charge in [-0.05, 0) is 44.2 Å². The highest BCUT2D eigenvalue weighted by atomic mass is 16.6. The van der Waals surface area contributed by atoms with E-state index < -0.39 is 18.0 Å². The average Bonchev–Trinajstić information content (AvgIpc) is 3.12. The van der Waals surface area contributed by atoms with Crippen molar-refractivity contribution in [2.24, 2.45) is 0 Å². The van der Waals surface area contributed by atoms with E-state index in [4.69, 9.17) is 13.9 Å². The van der Waals surface area contributed by atoms with Gasteiger partial charge in [-0.2, -0.15) is 0 Å². The average molecular weight is 408 g/mol. The number of hydrogen-bond donors (Lipinski definition) is 1. The van der Waals surface area contributed by atoms with Gasteiger partial charge in [-0.1, -0.05) is 18.2 Å². The monoisotopic (exact) mass is 408 g/mol. The Bertz CT molecular complexity index is 1050. The van der Waals surface area contributed by atoms with Crippen molar-refractivity contribution in [3.8, 4) is 0 Å². The fraction of sp³-hybridized carbons (Fsp3) is 0.304. The van der Waals surface area contributed by atoms with Gasteiger partial charge < -0.3 is 24.1 Å². The molecule has 30 heavy (non-hydrogen) atoms. The van der Waals surface area contributed by atoms with Crippen molar-refractivity contribution < 1.29 is 23.5 Å². The summed E-state index contributed by atoms with van der Waals surface area (Å²) in [4.78, 5) is 27.2. The van der Waals surface area contributed by atoms with E-state index in [1.807, 2.05) is 42.5 Å². The van der Waals surface area contributed by atoms with E-state index in [9.17, 15) is 9.59 Å². The molecule has 0 spiro atoms. The number of rotatable bonds is 5. The minimum Gasteiger partial charge on any atom is -0.449 e. The maximum atomic E-state index is 12.5. The molecule has 3 aromatic rings. The van der Waals surface area contributed by atoms with Gasteiger partial charge in [0.05, 0.1) is 13.2 Å². The van der Waals surface area contributed by atoms with Crippen molar-refractivity contribution in [1.82, 2.24) is 0 Å². The maximum absolute atomic E-state index is 12.5. The Labute approximate surface area is 174 Å². The predicted molar refractivity (Wildman–Crippen MR) is 114 cm³/mol. The molecule has 0 radical (unpaired) electrons. The Hall–Kier alpha value is -3.32. The highest BCUT2D eigenvalue weighted by molar-refractivity contribution is 5.99. The number of nitrogens with one attached hydrogen (secondary N) is 1. The second-order valence-corrected chi connectivity index (χ2v) is 7.24. The predicted octanol–water partition coefficient (Wildman–Crippen LogP) is 3.76. The van der Waals surface area contributed by atoms with Gasteiger partial charge in [0.2, 0.25) is 5.76 Å². The Balaban J connectivity index is 1.37. The Kier molecular flexibility index (Phi) is 5.72. The van der Waals surface area contributed by atoms with E-state index in [0.29, 0.717) is 30.0 Å². The summed E-state index contributed by atoms with van der Waals surface area (Å²) >= 11 is 0. The van der Waals surface area contributed by atoms with Crippen LogP contribution in [0.4, 0.5) is 11.4 Å². The molecule has 1 aliphatic heterocycles. The number of hydrogen-bond acceptors (Lipinski definition) is 6. The first-order valence-electron chi connectivity index (χ1n) is 9.95. The smallest absolute Gasteiger partial charge is 0.375 e. The molecule has 1 aliphatic rings. The molecule has 1 amide bonds. The summed E-state index contributed by atoms with van der Waals surface area (Å²) in [6, 6.07) is 14.9. The molecule has 1 N–H and O–H groups in total. The number of morpholine rings is 1. The number of fused-ring (bicyclic) bond motifs is 1. The molecule has 0 aliphatic carbocycles. The second kappa shape index (κ2) is 8.59. The van der Waals surface area contributed by atoms with Crippen LogP contribution in [0.25, 0.3) is 11.0 Å². The largest absolute Gasteiger partial charge is 0.449 e. The lowest BCUT2D eigenvalue weighted by atomic mass is 10.1. The third-order valence-electron chi connectivity index (χ3n) is 5.19. The van der Waals surface area contributed by atoms with E-state index in [-0.39, 0.29) is 5.76 Å². The number of ether oxygens (including phenoxy) is 2. The number of aryl methyl sites for hydroxylation is 1. The fourth-order valence-corrected chi connectivity index (χ4v) is 3.46. The van der Waals surface area contributed by atoms with E-state index in [1.165, 1.54) is 6.92 Å². The molecule has 0 saturated carbocycles. The van der Waals surface area contributed by atoms with E-state index in [1.54, 1.807) is 13.0 Å². The van der Waals surface area contributed by atoms with Crippen LogP contribution in [-0.2, 0) is 14.3 Å². The standard InChI is InChI=1S/C23H24N2O5/c1-15-19-5-3-4-6-20(19)30-21(15)23(27)29-16(2)22(26)24-17-7-9-18(10-8-17)25-11-13-28-14-12-25/h3-10,16H,11-14H2,1-2H3,(H,24,26)/t16-/m1/s1. The number of anilines is 2. The van der Waals surface area contributed by atoms with Gasteiger partial charge in [0.25, 0.3) is 5.91 Å². The van der Waals surface area contributed by atoms with Crippen LogP contribution in [0.15, 0.2) is 52.9 Å². The van der Waals surface area contributed by atoms with Crippen molar-refractivity contribution >= 4 is 34.2 Å². The Morgan fingerprint density at radius 2 is 1.77 bits per heavy atom. The third-order valence-corrected chi connectivity index (χ3v) is 5.19. The number of furan rings is 1. The number of benzene rings is 2. The summed E-state index contributed by atoms with van der Waals surface area (Å²) in [7, 11) is 0. The SMILES string of the molecule is Cc1c(C(=O)O[C@H](C)C(=O)Nc2ccc(N3CCOCC3)cc2)oc2ccccc12. The highest BCUT2D eigenvalue weighted by Gasteiger charge is 2.24. The van der Waals surface area contributed by atoms with Crippen LogP contribution in [0.2, 0.25) is 0 Å². The molecular formula is C23H24N2O5. The molecule has 7 nitrogen and oxygen atoms in total. The summed E-state index contributed by atoms with van der Waals surface area (Å²) in [5.41, 5.74) is 3.03. The summed E-state index contributed by atoms with van der Waals surface area (Å²) in [6.07, 6.45) is -0.968. The van der Waals surface area contributed by atoms with Crippen molar-refractivity contribution in [1.29, 1.82) is 0 Å². The van der Waals surface area contributed by atoms with Gasteiger partial charge in [0, 0.05) is 35.4 Å². The summed E-state index contributed by atoms with van der Waals surface area (Å²) in [6.45, 7) is 6.45. The van der Waals surface area contributed by atoms with Crippen molar-refractivity contribution in [3.63, 3.8) is 0 Å². The van der Waals surface area contributed by atoms with Crippen molar-refractivity contribution in [2.45, 2.75) is 20.0 Å². The first kappa shape index (κ1) is 20.0. The highest BCUT2D eigenvalue weighted by Crippen LogP contribution is 2.26. The number of nitrogens with zero attached hydrogens (tertiary/aromatic N) is 1. The zero-order valence-corrected chi connectivity index (χ0v) is 17.0. The van der Waals surface area contributed by atoms with Gasteiger partial charge >= 0.3 is 5.97 Å². The normalized spacial score (nSPS) is 15.1. The molecular weight excluding hydrogens is 384 g/mol. The van der Waals surface area contributed by atoms with E-state index in [0.717, 1.165) is 24.2 Å². The fourth-order valence-electron chi connectivity index (χ4n) is 3.46. The summed E-state index contributed by atoms with van der Waals surface area (Å²) in [5.74, 6) is -0.948. The Morgan fingerprint density at radius 1 is 1.07 bits per heavy atom. The van der Waals surface area contributed by atoms with Crippen LogP contribution in [0.1, 0.15) is 23.0 Å². The zero-order valence-electron chi connectivity index (χ0n) is 17.0. The van der Waals surface area contributed by atoms with Gasteiger partial charge in [-0.15, -0.1) is 0 Å². The molecule has 1 aromatic heterocycles. The minimum absolute atomic E-state index is 0.116. The van der Waals surface area contributed by atoms with Crippen molar-refractivity contribution in [2.75, 3.05) is 36.5 Å². The van der Waals surface area contributed by atoms with E-state index in [2.05, 4.69) is 10.2 Å². The molecule has 0 unspecified atom stereocenters. The van der Waals surface area contributed by atoms with Crippen LogP contribution in [0.5, 0.6) is 0 Å². The molecule has 2 aromatic carbocycles. The summed E-state index contributed by atoms with van der Waals surface area (Å²) in [5, 5.41) is 3.63. The van der Waals surface area contributed by atoms with Crippen LogP contribution in [0, 0.1) is 6.92 Å². The van der Waals surface area contributed by atoms with E-state index >= 15 is 0 Å². The number of amides is 1. The number of esters is 1. The third kappa shape index (κ3) is 4.16. The van der Waals surface area contributed by atoms with Crippen LogP contribution >= 0.6 is 0 Å². The molecule has 1 atom stereocenters. The van der Waals surface area contributed by atoms with Crippen LogP contribution < -0.4 is 10.2 Å². The van der Waals surface area contributed by atoms with Gasteiger partial charge in [-0.25, -0.2) is 4.79 Å². The number of carbonyl (C=O) groups is 2. The lowest BCUT2D eigenvalue weighted by Crippen LogP contribution is -2.36. The first-order chi connectivity index (χ1) is 14.5. The van der Waals surface area contributed by atoms with Crippen molar-refractivity contribution in [3.05, 3.63) is 59.9 Å². The zero-order chi connectivity index (χ0) is 21.1. The van der Waals surface area contributed by atoms with Gasteiger partial charge in [-0.3, -0.25) is 4.79 Å². The van der Waals surface area contributed by atoms with Crippen LogP contribution in [0.3, 0.4) is 0 Å². The molecule has 156 valence electrons. The molecule has 1 saturated heterocycles. The second-order valence-electron chi connectivity index (χ2n) is 7.24. The quantitative estimate of drug-likeness (QED) is 0.648. The molecule has 4 rings (SSSR count). The van der Waals surface area contributed by atoms with Crippen LogP contribution in [-0.4, -0.2) is 44.3 Å².